The molecule has 1 aromatic carbocycles. The largest absolute Gasteiger partial charge is 0.496 e. The molecule has 0 aliphatic carbocycles. The van der Waals surface area contributed by atoms with Gasteiger partial charge in [0.2, 0.25) is 10.0 Å². The molecule has 2 rings (SSSR count). The number of hydrogen-bond acceptors (Lipinski definition) is 4. The number of halogens is 1. The molecule has 1 saturated heterocycles. The van der Waals surface area contributed by atoms with Crippen molar-refractivity contribution in [3.63, 3.8) is 0 Å². The van der Waals surface area contributed by atoms with Crippen molar-refractivity contribution in [3.05, 3.63) is 22.7 Å². The Balaban J connectivity index is 2.27. The van der Waals surface area contributed by atoms with Gasteiger partial charge in [0.15, 0.2) is 0 Å². The van der Waals surface area contributed by atoms with Crippen molar-refractivity contribution in [2.24, 2.45) is 0 Å². The van der Waals surface area contributed by atoms with Crippen LogP contribution in [0.1, 0.15) is 13.3 Å². The molecular weight excluding hydrogens is 332 g/mol. The lowest BCUT2D eigenvalue weighted by Gasteiger charge is -2.24. The van der Waals surface area contributed by atoms with Crippen LogP contribution in [0.15, 0.2) is 27.6 Å². The molecule has 106 valence electrons. The van der Waals surface area contributed by atoms with Crippen molar-refractivity contribution in [1.82, 2.24) is 10.0 Å². The van der Waals surface area contributed by atoms with Gasteiger partial charge in [0.05, 0.1) is 16.5 Å². The van der Waals surface area contributed by atoms with Crippen LogP contribution < -0.4 is 14.8 Å². The molecule has 1 heterocycles. The van der Waals surface area contributed by atoms with Crippen LogP contribution in [0.2, 0.25) is 0 Å². The first kappa shape index (κ1) is 14.8. The van der Waals surface area contributed by atoms with Crippen LogP contribution in [-0.2, 0) is 10.0 Å². The fraction of sp³-hybridized carbons (Fsp3) is 0.500. The summed E-state index contributed by atoms with van der Waals surface area (Å²) in [4.78, 5) is 0.230. The summed E-state index contributed by atoms with van der Waals surface area (Å²) in [6.45, 7) is 3.37. The Morgan fingerprint density at radius 3 is 2.74 bits per heavy atom. The third-order valence-corrected chi connectivity index (χ3v) is 5.44. The molecule has 0 amide bonds. The van der Waals surface area contributed by atoms with E-state index in [1.54, 1.807) is 12.1 Å². The summed E-state index contributed by atoms with van der Waals surface area (Å²) in [5.74, 6) is 0.604. The lowest BCUT2D eigenvalue weighted by Crippen LogP contribution is -2.47. The molecule has 1 aliphatic rings. The summed E-state index contributed by atoms with van der Waals surface area (Å²) in [7, 11) is -1.99. The Morgan fingerprint density at radius 1 is 1.47 bits per heavy atom. The molecule has 1 unspecified atom stereocenters. The highest BCUT2D eigenvalue weighted by Crippen LogP contribution is 2.28. The van der Waals surface area contributed by atoms with E-state index in [4.69, 9.17) is 4.74 Å². The van der Waals surface area contributed by atoms with Gasteiger partial charge in [-0.25, -0.2) is 13.1 Å². The maximum absolute atomic E-state index is 12.3. The first-order valence-corrected chi connectivity index (χ1v) is 8.22. The minimum Gasteiger partial charge on any atom is -0.496 e. The number of sulfonamides is 1. The first-order valence-electron chi connectivity index (χ1n) is 5.95. The Bertz CT molecular complexity index is 568. The van der Waals surface area contributed by atoms with Gasteiger partial charge in [0.1, 0.15) is 5.75 Å². The van der Waals surface area contributed by atoms with E-state index in [2.05, 4.69) is 26.0 Å². The molecule has 2 N–H and O–H groups in total. The number of hydrogen-bond donors (Lipinski definition) is 2. The molecule has 19 heavy (non-hydrogen) atoms. The highest BCUT2D eigenvalue weighted by Gasteiger charge is 2.33. The second kappa shape index (κ2) is 5.40. The maximum Gasteiger partial charge on any atom is 0.241 e. The summed E-state index contributed by atoms with van der Waals surface area (Å²) in [5, 5.41) is 3.16. The van der Waals surface area contributed by atoms with Crippen LogP contribution in [0, 0.1) is 0 Å². The number of rotatable bonds is 4. The summed E-state index contributed by atoms with van der Waals surface area (Å²) in [6, 6.07) is 4.72. The summed E-state index contributed by atoms with van der Waals surface area (Å²) in [5.41, 5.74) is -0.425. The molecule has 0 aromatic heterocycles. The van der Waals surface area contributed by atoms with Gasteiger partial charge < -0.3 is 10.1 Å². The Kier molecular flexibility index (Phi) is 4.20. The van der Waals surface area contributed by atoms with E-state index in [1.165, 1.54) is 13.2 Å². The highest BCUT2D eigenvalue weighted by atomic mass is 79.9. The molecular formula is C12H17BrN2O3S. The van der Waals surface area contributed by atoms with Crippen LogP contribution in [0.5, 0.6) is 5.75 Å². The number of methoxy groups -OCH3 is 1. The van der Waals surface area contributed by atoms with E-state index in [0.29, 0.717) is 16.8 Å². The molecule has 5 nitrogen and oxygen atoms in total. The molecule has 0 radical (unpaired) electrons. The Hall–Kier alpha value is -0.630. The molecule has 1 aromatic rings. The minimum absolute atomic E-state index is 0.230. The van der Waals surface area contributed by atoms with Gasteiger partial charge in [0, 0.05) is 12.1 Å². The van der Waals surface area contributed by atoms with Crippen LogP contribution in [0.4, 0.5) is 0 Å². The topological polar surface area (TPSA) is 67.4 Å². The van der Waals surface area contributed by atoms with Gasteiger partial charge in [-0.2, -0.15) is 0 Å². The van der Waals surface area contributed by atoms with Gasteiger partial charge in [-0.15, -0.1) is 0 Å². The Morgan fingerprint density at radius 2 is 2.21 bits per heavy atom. The average Bonchev–Trinajstić information content (AvgIpc) is 2.74. The SMILES string of the molecule is COc1ccc(S(=O)(=O)NC2(C)CCNC2)cc1Br. The predicted octanol–water partition coefficient (Wildman–Crippen LogP) is 1.49. The normalized spacial score (nSPS) is 23.5. The first-order chi connectivity index (χ1) is 8.86. The average molecular weight is 349 g/mol. The van der Waals surface area contributed by atoms with Crippen LogP contribution in [0.3, 0.4) is 0 Å². The summed E-state index contributed by atoms with van der Waals surface area (Å²) < 4.78 is 33.2. The maximum atomic E-state index is 12.3. The summed E-state index contributed by atoms with van der Waals surface area (Å²) >= 11 is 3.30. The lowest BCUT2D eigenvalue weighted by molar-refractivity contribution is 0.411. The van der Waals surface area contributed by atoms with Crippen LogP contribution in [-0.4, -0.2) is 34.2 Å². The third kappa shape index (κ3) is 3.28. The summed E-state index contributed by atoms with van der Waals surface area (Å²) in [6.07, 6.45) is 0.781. The standard InChI is InChI=1S/C12H17BrN2O3S/c1-12(5-6-14-8-12)15-19(16,17)9-3-4-11(18-2)10(13)7-9/h3-4,7,14-15H,5-6,8H2,1-2H3. The van der Waals surface area contributed by atoms with Gasteiger partial charge in [0.25, 0.3) is 0 Å². The molecule has 1 atom stereocenters. The van der Waals surface area contributed by atoms with Crippen molar-refractivity contribution in [2.75, 3.05) is 20.2 Å². The van der Waals surface area contributed by atoms with Crippen LogP contribution in [0.25, 0.3) is 0 Å². The highest BCUT2D eigenvalue weighted by molar-refractivity contribution is 9.10. The van der Waals surface area contributed by atoms with Crippen molar-refractivity contribution >= 4 is 26.0 Å². The fourth-order valence-corrected chi connectivity index (χ4v) is 4.25. The molecule has 0 bridgehead atoms. The number of ether oxygens (including phenoxy) is 1. The van der Waals surface area contributed by atoms with Crippen molar-refractivity contribution in [3.8, 4) is 5.75 Å². The van der Waals surface area contributed by atoms with Gasteiger partial charge >= 0.3 is 0 Å². The van der Waals surface area contributed by atoms with E-state index >= 15 is 0 Å². The van der Waals surface area contributed by atoms with Gasteiger partial charge in [-0.1, -0.05) is 0 Å². The van der Waals surface area contributed by atoms with E-state index in [1.807, 2.05) is 6.92 Å². The molecule has 0 saturated carbocycles. The Labute approximate surface area is 121 Å². The zero-order valence-electron chi connectivity index (χ0n) is 10.9. The van der Waals surface area contributed by atoms with E-state index in [-0.39, 0.29) is 4.90 Å². The van der Waals surface area contributed by atoms with Crippen molar-refractivity contribution in [2.45, 2.75) is 23.8 Å². The van der Waals surface area contributed by atoms with Crippen LogP contribution >= 0.6 is 15.9 Å². The second-order valence-corrected chi connectivity index (χ2v) is 7.43. The monoisotopic (exact) mass is 348 g/mol. The smallest absolute Gasteiger partial charge is 0.241 e. The molecule has 1 fully saturated rings. The minimum atomic E-state index is -3.53. The predicted molar refractivity (Wildman–Crippen MR) is 76.9 cm³/mol. The molecule has 1 aliphatic heterocycles. The zero-order chi connectivity index (χ0) is 14.1. The fourth-order valence-electron chi connectivity index (χ4n) is 2.10. The molecule has 0 spiro atoms. The second-order valence-electron chi connectivity index (χ2n) is 4.89. The van der Waals surface area contributed by atoms with Crippen molar-refractivity contribution < 1.29 is 13.2 Å². The van der Waals surface area contributed by atoms with Crippen molar-refractivity contribution in [1.29, 1.82) is 0 Å². The van der Waals surface area contributed by atoms with E-state index in [9.17, 15) is 8.42 Å². The van der Waals surface area contributed by atoms with E-state index < -0.39 is 15.6 Å². The quantitative estimate of drug-likeness (QED) is 0.864. The zero-order valence-corrected chi connectivity index (χ0v) is 13.3. The van der Waals surface area contributed by atoms with E-state index in [0.717, 1.165) is 13.0 Å². The molecule has 7 heteroatoms. The van der Waals surface area contributed by atoms with Gasteiger partial charge in [-0.05, 0) is 54.0 Å². The van der Waals surface area contributed by atoms with Gasteiger partial charge in [-0.3, -0.25) is 0 Å². The number of benzene rings is 1. The number of nitrogens with one attached hydrogen (secondary N) is 2. The lowest BCUT2D eigenvalue weighted by atomic mass is 10.0. The third-order valence-electron chi connectivity index (χ3n) is 3.18.